The van der Waals surface area contributed by atoms with Crippen LogP contribution in [-0.2, 0) is 15.9 Å². The maximum Gasteiger partial charge on any atom is 0.508 e. The maximum atomic E-state index is 10.9. The lowest BCUT2D eigenvalue weighted by Gasteiger charge is -2.22. The van der Waals surface area contributed by atoms with Crippen molar-refractivity contribution in [2.24, 2.45) is 0 Å². The molecule has 0 bridgehead atoms. The van der Waals surface area contributed by atoms with Crippen LogP contribution >= 0.6 is 0 Å². The highest BCUT2D eigenvalue weighted by Crippen LogP contribution is 2.14. The van der Waals surface area contributed by atoms with E-state index in [-0.39, 0.29) is 6.10 Å². The summed E-state index contributed by atoms with van der Waals surface area (Å²) >= 11 is 0. The van der Waals surface area contributed by atoms with E-state index in [2.05, 4.69) is 31.2 Å². The van der Waals surface area contributed by atoms with Crippen molar-refractivity contribution in [1.82, 2.24) is 0 Å². The summed E-state index contributed by atoms with van der Waals surface area (Å²) in [5.74, 6) is 0. The molecule has 1 aliphatic rings. The van der Waals surface area contributed by atoms with Crippen molar-refractivity contribution in [3.8, 4) is 0 Å². The Hall–Kier alpha value is -1.51. The minimum atomic E-state index is -0.543. The molecule has 1 aromatic carbocycles. The molecule has 1 fully saturated rings. The van der Waals surface area contributed by atoms with Gasteiger partial charge in [0.25, 0.3) is 0 Å². The zero-order valence-corrected chi connectivity index (χ0v) is 8.73. The monoisotopic (exact) mass is 206 g/mol. The van der Waals surface area contributed by atoms with E-state index in [1.165, 1.54) is 11.1 Å². The lowest BCUT2D eigenvalue weighted by atomic mass is 10.0. The van der Waals surface area contributed by atoms with Gasteiger partial charge in [0.2, 0.25) is 0 Å². The fourth-order valence-electron chi connectivity index (χ4n) is 1.63. The summed E-state index contributed by atoms with van der Waals surface area (Å²) in [6, 6.07) is 8.27. The third kappa shape index (κ3) is 2.72. The van der Waals surface area contributed by atoms with Gasteiger partial charge in [-0.1, -0.05) is 29.8 Å². The first-order valence-corrected chi connectivity index (χ1v) is 5.13. The minimum absolute atomic E-state index is 0.0334. The lowest BCUT2D eigenvalue weighted by molar-refractivity contribution is -0.0219. The van der Waals surface area contributed by atoms with Crippen LogP contribution in [0.1, 0.15) is 17.5 Å². The van der Waals surface area contributed by atoms with Crippen LogP contribution in [0.25, 0.3) is 0 Å². The third-order valence-corrected chi connectivity index (χ3v) is 2.51. The van der Waals surface area contributed by atoms with Crippen molar-refractivity contribution >= 4 is 6.16 Å². The summed E-state index contributed by atoms with van der Waals surface area (Å²) < 4.78 is 9.76. The van der Waals surface area contributed by atoms with E-state index in [9.17, 15) is 4.79 Å². The molecule has 0 amide bonds. The van der Waals surface area contributed by atoms with Crippen LogP contribution in [0.15, 0.2) is 24.3 Å². The fraction of sp³-hybridized carbons (Fsp3) is 0.417. The minimum Gasteiger partial charge on any atom is -0.434 e. The topological polar surface area (TPSA) is 35.5 Å². The molecule has 1 saturated heterocycles. The van der Waals surface area contributed by atoms with Crippen molar-refractivity contribution in [3.05, 3.63) is 35.4 Å². The molecule has 0 spiro atoms. The van der Waals surface area contributed by atoms with Crippen molar-refractivity contribution in [2.45, 2.75) is 25.9 Å². The number of rotatable bonds is 2. The van der Waals surface area contributed by atoms with Crippen molar-refractivity contribution in [3.63, 3.8) is 0 Å². The first kappa shape index (κ1) is 10.0. The van der Waals surface area contributed by atoms with E-state index in [1.54, 1.807) is 0 Å². The Balaban J connectivity index is 1.96. The van der Waals surface area contributed by atoms with Crippen LogP contribution in [-0.4, -0.2) is 18.9 Å². The van der Waals surface area contributed by atoms with Crippen LogP contribution in [0.5, 0.6) is 0 Å². The van der Waals surface area contributed by atoms with Gasteiger partial charge in [0.1, 0.15) is 6.10 Å². The molecule has 0 N–H and O–H groups in total. The van der Waals surface area contributed by atoms with Gasteiger partial charge in [0, 0.05) is 12.8 Å². The van der Waals surface area contributed by atoms with Gasteiger partial charge in [0.15, 0.2) is 0 Å². The summed E-state index contributed by atoms with van der Waals surface area (Å²) in [7, 11) is 0. The van der Waals surface area contributed by atoms with Crippen molar-refractivity contribution in [1.29, 1.82) is 0 Å². The number of ether oxygens (including phenoxy) is 2. The molecule has 0 saturated carbocycles. The average Bonchev–Trinajstić information content (AvgIpc) is 2.22. The molecule has 3 nitrogen and oxygen atoms in total. The van der Waals surface area contributed by atoms with E-state index in [0.717, 1.165) is 12.8 Å². The van der Waals surface area contributed by atoms with Crippen LogP contribution in [0.3, 0.4) is 0 Å². The van der Waals surface area contributed by atoms with Crippen LogP contribution in [0, 0.1) is 6.92 Å². The quantitative estimate of drug-likeness (QED) is 0.697. The summed E-state index contributed by atoms with van der Waals surface area (Å²) in [4.78, 5) is 10.9. The number of cyclic esters (lactones) is 2. The van der Waals surface area contributed by atoms with Gasteiger partial charge >= 0.3 is 6.16 Å². The van der Waals surface area contributed by atoms with Crippen LogP contribution in [0.2, 0.25) is 0 Å². The van der Waals surface area contributed by atoms with E-state index in [0.29, 0.717) is 6.61 Å². The predicted molar refractivity (Wildman–Crippen MR) is 55.7 cm³/mol. The Labute approximate surface area is 89.0 Å². The second-order valence-corrected chi connectivity index (χ2v) is 3.82. The molecule has 15 heavy (non-hydrogen) atoms. The summed E-state index contributed by atoms with van der Waals surface area (Å²) in [5, 5.41) is 0. The molecular weight excluding hydrogens is 192 g/mol. The van der Waals surface area contributed by atoms with Crippen LogP contribution in [0.4, 0.5) is 4.79 Å². The molecule has 80 valence electrons. The molecule has 1 unspecified atom stereocenters. The SMILES string of the molecule is Cc1ccc(CC2CCOC(=O)O2)cc1. The second-order valence-electron chi connectivity index (χ2n) is 3.82. The number of carbonyl (C=O) groups is 1. The Morgan fingerprint density at radius 3 is 2.73 bits per heavy atom. The largest absolute Gasteiger partial charge is 0.508 e. The number of hydrogen-bond donors (Lipinski definition) is 0. The van der Waals surface area contributed by atoms with Gasteiger partial charge in [-0.25, -0.2) is 4.79 Å². The van der Waals surface area contributed by atoms with E-state index >= 15 is 0 Å². The summed E-state index contributed by atoms with van der Waals surface area (Å²) in [5.41, 5.74) is 2.43. The summed E-state index contributed by atoms with van der Waals surface area (Å²) in [6.07, 6.45) is 0.974. The van der Waals surface area contributed by atoms with Gasteiger partial charge < -0.3 is 9.47 Å². The smallest absolute Gasteiger partial charge is 0.434 e. The van der Waals surface area contributed by atoms with Crippen LogP contribution < -0.4 is 0 Å². The predicted octanol–water partition coefficient (Wildman–Crippen LogP) is 2.46. The Kier molecular flexibility index (Phi) is 2.90. The number of hydrogen-bond acceptors (Lipinski definition) is 3. The fourth-order valence-corrected chi connectivity index (χ4v) is 1.63. The first-order valence-electron chi connectivity index (χ1n) is 5.13. The molecule has 3 heteroatoms. The zero-order valence-electron chi connectivity index (χ0n) is 8.73. The highest BCUT2D eigenvalue weighted by atomic mass is 16.7. The number of carbonyl (C=O) groups excluding carboxylic acids is 1. The van der Waals surface area contributed by atoms with Gasteiger partial charge in [-0.3, -0.25) is 0 Å². The van der Waals surface area contributed by atoms with Crippen molar-refractivity contribution < 1.29 is 14.3 Å². The standard InChI is InChI=1S/C12H14O3/c1-9-2-4-10(5-3-9)8-11-6-7-14-12(13)15-11/h2-5,11H,6-8H2,1H3. The molecule has 1 aromatic rings. The van der Waals surface area contributed by atoms with Gasteiger partial charge in [-0.2, -0.15) is 0 Å². The summed E-state index contributed by atoms with van der Waals surface area (Å²) in [6.45, 7) is 2.52. The normalized spacial score (nSPS) is 20.6. The zero-order chi connectivity index (χ0) is 10.7. The van der Waals surface area contributed by atoms with E-state index in [1.807, 2.05) is 0 Å². The lowest BCUT2D eigenvalue weighted by Crippen LogP contribution is -2.28. The third-order valence-electron chi connectivity index (χ3n) is 2.51. The molecular formula is C12H14O3. The van der Waals surface area contributed by atoms with Gasteiger partial charge in [-0.15, -0.1) is 0 Å². The number of benzene rings is 1. The van der Waals surface area contributed by atoms with Gasteiger partial charge in [0.05, 0.1) is 6.61 Å². The molecule has 0 radical (unpaired) electrons. The van der Waals surface area contributed by atoms with E-state index in [4.69, 9.17) is 9.47 Å². The van der Waals surface area contributed by atoms with Crippen molar-refractivity contribution in [2.75, 3.05) is 6.61 Å². The Morgan fingerprint density at radius 1 is 1.33 bits per heavy atom. The van der Waals surface area contributed by atoms with E-state index < -0.39 is 6.16 Å². The molecule has 2 rings (SSSR count). The Morgan fingerprint density at radius 2 is 2.07 bits per heavy atom. The Bertz CT molecular complexity index is 342. The molecule has 1 aliphatic heterocycles. The molecule has 1 atom stereocenters. The molecule has 0 aliphatic carbocycles. The molecule has 0 aromatic heterocycles. The average molecular weight is 206 g/mol. The highest BCUT2D eigenvalue weighted by molar-refractivity contribution is 5.60. The maximum absolute atomic E-state index is 10.9. The van der Waals surface area contributed by atoms with Gasteiger partial charge in [-0.05, 0) is 12.5 Å². The number of aryl methyl sites for hydroxylation is 1. The first-order chi connectivity index (χ1) is 7.24. The molecule has 1 heterocycles. The second kappa shape index (κ2) is 4.34. The highest BCUT2D eigenvalue weighted by Gasteiger charge is 2.21.